The molecule has 0 heterocycles. The molecule has 91 heavy (non-hydrogen) atoms. The van der Waals surface area contributed by atoms with Crippen molar-refractivity contribution in [3.63, 3.8) is 0 Å². The lowest BCUT2D eigenvalue weighted by Gasteiger charge is -2.12. The maximum Gasteiger partial charge on any atom is 0.337 e. The van der Waals surface area contributed by atoms with Crippen LogP contribution in [-0.4, -0.2) is 148 Å². The van der Waals surface area contributed by atoms with Gasteiger partial charge < -0.3 is 89.7 Å². The Morgan fingerprint density at radius 2 is 0.462 bits per heavy atom. The molecule has 470 valence electrons. The number of carboxylic acids is 11. The van der Waals surface area contributed by atoms with Gasteiger partial charge in [-0.3, -0.25) is 0 Å². The van der Waals surface area contributed by atoms with E-state index < -0.39 is 65.7 Å². The van der Waals surface area contributed by atoms with Gasteiger partial charge in [0.2, 0.25) is 0 Å². The molecule has 8 aromatic carbocycles. The molecule has 0 aliphatic rings. The van der Waals surface area contributed by atoms with Crippen molar-refractivity contribution >= 4 is 88.4 Å². The van der Waals surface area contributed by atoms with Crippen LogP contribution < -0.4 is 33.6 Å². The Morgan fingerprint density at radius 3 is 0.659 bits per heavy atom. The van der Waals surface area contributed by atoms with Crippen molar-refractivity contribution in [3.8, 4) is 33.4 Å². The third-order valence-electron chi connectivity index (χ3n) is 12.3. The quantitative estimate of drug-likeness (QED) is 0.0321. The summed E-state index contributed by atoms with van der Waals surface area (Å²) in [6, 6.07) is 40.0. The second kappa shape index (κ2) is 33.1. The minimum Gasteiger partial charge on any atom is -0.478 e. The van der Waals surface area contributed by atoms with Gasteiger partial charge >= 0.3 is 65.7 Å². The summed E-state index contributed by atoms with van der Waals surface area (Å²) in [7, 11) is 0. The van der Waals surface area contributed by atoms with Crippen LogP contribution in [0.4, 0.5) is 22.7 Å². The van der Waals surface area contributed by atoms with Crippen molar-refractivity contribution < 1.29 is 109 Å². The second-order valence-corrected chi connectivity index (χ2v) is 18.4. The average Bonchev–Trinajstić information content (AvgIpc) is 1.06. The van der Waals surface area contributed by atoms with Gasteiger partial charge in [0.05, 0.1) is 61.2 Å². The first-order valence-corrected chi connectivity index (χ1v) is 26.0. The Bertz CT molecular complexity index is 3720. The number of carbonyl (C=O) groups is 11. The fraction of sp³-hybridized carbons (Fsp3) is 0.0635. The Balaban J connectivity index is 0.000000260. The van der Waals surface area contributed by atoms with Gasteiger partial charge in [-0.25, -0.2) is 52.7 Å². The summed E-state index contributed by atoms with van der Waals surface area (Å²) >= 11 is 0. The molecule has 28 nitrogen and oxygen atoms in total. The maximum atomic E-state index is 11.2. The van der Waals surface area contributed by atoms with E-state index in [1.165, 1.54) is 97.1 Å². The van der Waals surface area contributed by atoms with Crippen LogP contribution in [-0.2, 0) is 0 Å². The standard InChI is InChI=1S/C27H18O6.2C10H12N2O4.2C8H7NO4/c28-25(29)19-7-1-16(2-8-19)22-13-23(17-3-9-20(10-4-17)26(30)31)15-24(14-22)18-5-11-21(12-6-18)27(32)33;2*11-3-4-12-8-5-6(9(13)14)1-2-7(8)10(15)16;2*9-6-3-4(7(10)11)1-2-5(6)8(12)13/h1-15H,(H,28,29)(H,30,31)(H,32,33);2*1-2,5,12H,3-4,11H2,(H,13,14)(H,15,16);2*1-3H,9H2,(H,10,11)(H,12,13). The molecule has 0 amide bonds. The van der Waals surface area contributed by atoms with Gasteiger partial charge in [-0.05, 0) is 161 Å². The number of nitrogens with one attached hydrogen (secondary N) is 2. The number of benzene rings is 8. The minimum atomic E-state index is -1.17. The van der Waals surface area contributed by atoms with E-state index in [1.807, 2.05) is 18.2 Å². The third-order valence-corrected chi connectivity index (χ3v) is 12.3. The topological polar surface area (TPSA) is 538 Å². The largest absolute Gasteiger partial charge is 0.478 e. The summed E-state index contributed by atoms with van der Waals surface area (Å²) in [6.07, 6.45) is 0. The number of anilines is 4. The summed E-state index contributed by atoms with van der Waals surface area (Å²) in [5.74, 6) is -12.1. The summed E-state index contributed by atoms with van der Waals surface area (Å²) in [5, 5.41) is 103. The SMILES string of the molecule is NCCNc1cc(C(=O)O)ccc1C(=O)O.NCCNc1cc(C(=O)O)ccc1C(=O)O.Nc1cc(C(=O)O)ccc1C(=O)O.Nc1cc(C(=O)O)ccc1C(=O)O.O=C(O)c1ccc(-c2cc(-c3ccc(C(=O)O)cc3)cc(-c3ccc(C(=O)O)cc3)c2)cc1. The van der Waals surface area contributed by atoms with Gasteiger partial charge in [0.25, 0.3) is 0 Å². The first kappa shape index (κ1) is 70.5. The van der Waals surface area contributed by atoms with Crippen LogP contribution in [0.5, 0.6) is 0 Å². The number of aromatic carboxylic acids is 11. The normalized spacial score (nSPS) is 10.0. The predicted octanol–water partition coefficient (Wildman–Crippen LogP) is 8.02. The molecule has 0 aromatic heterocycles. The van der Waals surface area contributed by atoms with Crippen molar-refractivity contribution in [2.75, 3.05) is 48.3 Å². The molecule has 0 atom stereocenters. The summed E-state index contributed by atoms with van der Waals surface area (Å²) < 4.78 is 0. The van der Waals surface area contributed by atoms with Crippen LogP contribution in [0.1, 0.15) is 114 Å². The van der Waals surface area contributed by atoms with Gasteiger partial charge in [-0.2, -0.15) is 0 Å². The monoisotopic (exact) mass is 1250 g/mol. The number of carboxylic acid groups (broad SMARTS) is 11. The van der Waals surface area contributed by atoms with E-state index in [1.54, 1.807) is 36.4 Å². The maximum absolute atomic E-state index is 11.2. The molecule has 0 spiro atoms. The Hall–Kier alpha value is -13.0. The number of hydrogen-bond donors (Lipinski definition) is 17. The van der Waals surface area contributed by atoms with Crippen LogP contribution in [0, 0.1) is 0 Å². The van der Waals surface area contributed by atoms with Crippen LogP contribution in [0.25, 0.3) is 33.4 Å². The minimum absolute atomic E-state index is 0.0255. The molecular weight excluding hydrogens is 1190 g/mol. The number of nitrogen functional groups attached to an aromatic ring is 2. The molecule has 8 rings (SSSR count). The zero-order chi connectivity index (χ0) is 67.8. The Labute approximate surface area is 513 Å². The smallest absolute Gasteiger partial charge is 0.337 e. The van der Waals surface area contributed by atoms with Crippen LogP contribution in [0.3, 0.4) is 0 Å². The molecule has 8 aromatic rings. The average molecular weight is 1250 g/mol. The first-order valence-electron chi connectivity index (χ1n) is 26.0. The Kier molecular flexibility index (Phi) is 25.6. The van der Waals surface area contributed by atoms with E-state index in [2.05, 4.69) is 10.6 Å². The second-order valence-electron chi connectivity index (χ2n) is 18.4. The summed E-state index contributed by atoms with van der Waals surface area (Å²) in [4.78, 5) is 119. The van der Waals surface area contributed by atoms with Gasteiger partial charge in [-0.1, -0.05) is 36.4 Å². The van der Waals surface area contributed by atoms with Crippen LogP contribution in [0.15, 0.2) is 164 Å². The first-order chi connectivity index (χ1) is 43.0. The highest BCUT2D eigenvalue weighted by molar-refractivity contribution is 6.00. The van der Waals surface area contributed by atoms with E-state index >= 15 is 0 Å². The van der Waals surface area contributed by atoms with Crippen molar-refractivity contribution in [2.45, 2.75) is 0 Å². The summed E-state index contributed by atoms with van der Waals surface area (Å²) in [6.45, 7) is 1.42. The number of rotatable bonds is 20. The zero-order valence-corrected chi connectivity index (χ0v) is 47.1. The van der Waals surface area contributed by atoms with Gasteiger partial charge in [0, 0.05) is 48.9 Å². The molecule has 0 radical (unpaired) electrons. The highest BCUT2D eigenvalue weighted by Crippen LogP contribution is 2.34. The van der Waals surface area contributed by atoms with E-state index in [-0.39, 0.29) is 83.9 Å². The molecule has 0 saturated carbocycles. The van der Waals surface area contributed by atoms with Gasteiger partial charge in [0.15, 0.2) is 0 Å². The van der Waals surface area contributed by atoms with E-state index in [9.17, 15) is 68.1 Å². The van der Waals surface area contributed by atoms with Gasteiger partial charge in [0.1, 0.15) is 0 Å². The van der Waals surface area contributed by atoms with Crippen LogP contribution >= 0.6 is 0 Å². The fourth-order valence-electron chi connectivity index (χ4n) is 7.76. The van der Waals surface area contributed by atoms with Crippen molar-refractivity contribution in [1.82, 2.24) is 0 Å². The highest BCUT2D eigenvalue weighted by Gasteiger charge is 2.17. The molecule has 21 N–H and O–H groups in total. The fourth-order valence-corrected chi connectivity index (χ4v) is 7.76. The number of nitrogens with two attached hydrogens (primary N) is 4. The lowest BCUT2D eigenvalue weighted by Crippen LogP contribution is -2.15. The summed E-state index contributed by atoms with van der Waals surface area (Å²) in [5.41, 5.74) is 27.0. The van der Waals surface area contributed by atoms with Gasteiger partial charge in [-0.15, -0.1) is 0 Å². The number of hydrogen-bond acceptors (Lipinski definition) is 17. The molecule has 0 aliphatic carbocycles. The van der Waals surface area contributed by atoms with E-state index in [0.717, 1.165) is 45.5 Å². The lowest BCUT2D eigenvalue weighted by molar-refractivity contribution is 0.0682. The third kappa shape index (κ3) is 20.6. The molecule has 0 unspecified atom stereocenters. The molecule has 28 heteroatoms. The molecule has 0 bridgehead atoms. The lowest BCUT2D eigenvalue weighted by atomic mass is 9.92. The van der Waals surface area contributed by atoms with Crippen molar-refractivity contribution in [3.05, 3.63) is 225 Å². The predicted molar refractivity (Wildman–Crippen MR) is 329 cm³/mol. The van der Waals surface area contributed by atoms with E-state index in [0.29, 0.717) is 26.2 Å². The molecule has 0 saturated heterocycles. The zero-order valence-electron chi connectivity index (χ0n) is 47.1. The van der Waals surface area contributed by atoms with E-state index in [4.69, 9.17) is 63.8 Å². The highest BCUT2D eigenvalue weighted by atomic mass is 16.4. The molecule has 0 aliphatic heterocycles. The Morgan fingerprint density at radius 1 is 0.253 bits per heavy atom. The molecule has 0 fully saturated rings. The molecular formula is C63H56N6O22. The van der Waals surface area contributed by atoms with Crippen molar-refractivity contribution in [2.24, 2.45) is 11.5 Å². The van der Waals surface area contributed by atoms with Crippen molar-refractivity contribution in [1.29, 1.82) is 0 Å². The van der Waals surface area contributed by atoms with Crippen LogP contribution in [0.2, 0.25) is 0 Å².